The Balaban J connectivity index is 1.56. The lowest BCUT2D eigenvalue weighted by molar-refractivity contribution is -0.133. The summed E-state index contributed by atoms with van der Waals surface area (Å²) in [5.74, 6) is 1.94. The monoisotopic (exact) mass is 367 g/mol. The molecule has 0 bridgehead atoms. The molecule has 0 atom stereocenters. The minimum atomic E-state index is -0.111. The summed E-state index contributed by atoms with van der Waals surface area (Å²) in [6, 6.07) is 0. The van der Waals surface area contributed by atoms with Crippen LogP contribution in [0.25, 0.3) is 0 Å². The molecule has 152 valence electrons. The van der Waals surface area contributed by atoms with Crippen molar-refractivity contribution < 1.29 is 14.3 Å². The smallest absolute Gasteiger partial charge is 0.222 e. The lowest BCUT2D eigenvalue weighted by Gasteiger charge is -2.42. The molecule has 26 heavy (non-hydrogen) atoms. The largest absolute Gasteiger partial charge is 0.376 e. The Morgan fingerprint density at radius 3 is 2.12 bits per heavy atom. The first-order chi connectivity index (χ1) is 12.0. The molecule has 1 aliphatic heterocycles. The number of hydrogen-bond donors (Lipinski definition) is 0. The van der Waals surface area contributed by atoms with Crippen molar-refractivity contribution in [2.75, 3.05) is 19.7 Å². The lowest BCUT2D eigenvalue weighted by Crippen LogP contribution is -2.41. The fourth-order valence-corrected chi connectivity index (χ4v) is 4.11. The highest BCUT2D eigenvalue weighted by Crippen LogP contribution is 2.39. The number of likely N-dealkylation sites (tertiary alicyclic amines) is 1. The van der Waals surface area contributed by atoms with Gasteiger partial charge in [0.25, 0.3) is 0 Å². The van der Waals surface area contributed by atoms with Crippen LogP contribution in [-0.4, -0.2) is 47.8 Å². The van der Waals surface area contributed by atoms with Crippen molar-refractivity contribution >= 4 is 5.91 Å². The topological polar surface area (TPSA) is 38.8 Å². The number of amides is 1. The molecule has 0 aromatic carbocycles. The van der Waals surface area contributed by atoms with Crippen LogP contribution in [0.3, 0.4) is 0 Å². The van der Waals surface area contributed by atoms with Gasteiger partial charge in [0.1, 0.15) is 0 Å². The summed E-state index contributed by atoms with van der Waals surface area (Å²) >= 11 is 0. The van der Waals surface area contributed by atoms with E-state index in [0.717, 1.165) is 31.3 Å². The van der Waals surface area contributed by atoms with Crippen LogP contribution in [0.4, 0.5) is 0 Å². The molecule has 1 saturated carbocycles. The van der Waals surface area contributed by atoms with Crippen LogP contribution < -0.4 is 0 Å². The number of rotatable bonds is 7. The van der Waals surface area contributed by atoms with Crippen molar-refractivity contribution in [1.82, 2.24) is 4.90 Å². The molecule has 1 saturated heterocycles. The van der Waals surface area contributed by atoms with Crippen LogP contribution in [0, 0.1) is 11.8 Å². The van der Waals surface area contributed by atoms with Gasteiger partial charge in [-0.3, -0.25) is 4.79 Å². The Kier molecular flexibility index (Phi) is 7.55. The van der Waals surface area contributed by atoms with Crippen molar-refractivity contribution in [2.45, 2.75) is 104 Å². The second kappa shape index (κ2) is 9.05. The zero-order chi connectivity index (χ0) is 19.4. The van der Waals surface area contributed by atoms with E-state index in [9.17, 15) is 4.79 Å². The standard InChI is InChI=1S/C22H41NO3/c1-21(2,3)25-13-7-8-20(24)23-11-9-17(10-12-23)14-18-15-19(16-18)26-22(4,5)6/h17-19H,7-16H2,1-6H3. The SMILES string of the molecule is CC(C)(C)OCCCC(=O)N1CCC(CC2CC(OC(C)(C)C)C2)CC1. The molecule has 0 radical (unpaired) electrons. The summed E-state index contributed by atoms with van der Waals surface area (Å²) in [6.07, 6.45) is 8.04. The van der Waals surface area contributed by atoms with Crippen molar-refractivity contribution in [1.29, 1.82) is 0 Å². The van der Waals surface area contributed by atoms with E-state index in [4.69, 9.17) is 9.47 Å². The van der Waals surface area contributed by atoms with Crippen molar-refractivity contribution in [3.8, 4) is 0 Å². The number of hydrogen-bond acceptors (Lipinski definition) is 3. The Morgan fingerprint density at radius 1 is 0.962 bits per heavy atom. The third kappa shape index (κ3) is 7.96. The lowest BCUT2D eigenvalue weighted by atomic mass is 9.74. The number of ether oxygens (including phenoxy) is 2. The van der Waals surface area contributed by atoms with E-state index < -0.39 is 0 Å². The van der Waals surface area contributed by atoms with Crippen LogP contribution in [0.5, 0.6) is 0 Å². The first kappa shape index (κ1) is 21.7. The number of nitrogens with zero attached hydrogens (tertiary/aromatic N) is 1. The number of piperidine rings is 1. The molecule has 2 fully saturated rings. The third-order valence-corrected chi connectivity index (χ3v) is 5.42. The highest BCUT2D eigenvalue weighted by molar-refractivity contribution is 5.76. The number of carbonyl (C=O) groups excluding carboxylic acids is 1. The molecule has 4 heteroatoms. The van der Waals surface area contributed by atoms with Gasteiger partial charge in [0.2, 0.25) is 5.91 Å². The van der Waals surface area contributed by atoms with Gasteiger partial charge >= 0.3 is 0 Å². The summed E-state index contributed by atoms with van der Waals surface area (Å²) in [6.45, 7) is 15.1. The van der Waals surface area contributed by atoms with E-state index in [-0.39, 0.29) is 11.2 Å². The van der Waals surface area contributed by atoms with E-state index in [1.807, 2.05) is 0 Å². The molecule has 2 aliphatic rings. The van der Waals surface area contributed by atoms with Gasteiger partial charge in [-0.1, -0.05) is 0 Å². The Hall–Kier alpha value is -0.610. The quantitative estimate of drug-likeness (QED) is 0.607. The zero-order valence-electron chi connectivity index (χ0n) is 18.0. The molecule has 1 aliphatic carbocycles. The second-order valence-corrected chi connectivity index (χ2v) is 10.3. The van der Waals surface area contributed by atoms with Crippen LogP contribution in [0.15, 0.2) is 0 Å². The maximum atomic E-state index is 12.3. The van der Waals surface area contributed by atoms with E-state index in [2.05, 4.69) is 46.4 Å². The molecule has 0 unspecified atom stereocenters. The minimum absolute atomic E-state index is 0.0146. The summed E-state index contributed by atoms with van der Waals surface area (Å²) in [4.78, 5) is 14.4. The Morgan fingerprint density at radius 2 is 1.58 bits per heavy atom. The summed E-state index contributed by atoms with van der Waals surface area (Å²) in [5, 5.41) is 0. The van der Waals surface area contributed by atoms with Crippen molar-refractivity contribution in [3.63, 3.8) is 0 Å². The van der Waals surface area contributed by atoms with Gasteiger partial charge < -0.3 is 14.4 Å². The second-order valence-electron chi connectivity index (χ2n) is 10.3. The molecular formula is C22H41NO3. The molecule has 2 rings (SSSR count). The van der Waals surface area contributed by atoms with Crippen LogP contribution in [-0.2, 0) is 14.3 Å². The Bertz CT molecular complexity index is 435. The average molecular weight is 368 g/mol. The summed E-state index contributed by atoms with van der Waals surface area (Å²) in [7, 11) is 0. The predicted octanol–water partition coefficient (Wildman–Crippen LogP) is 4.80. The van der Waals surface area contributed by atoms with E-state index in [1.54, 1.807) is 0 Å². The normalized spacial score (nSPS) is 25.2. The van der Waals surface area contributed by atoms with Crippen molar-refractivity contribution in [2.24, 2.45) is 11.8 Å². The maximum absolute atomic E-state index is 12.3. The fourth-order valence-electron chi connectivity index (χ4n) is 4.11. The summed E-state index contributed by atoms with van der Waals surface area (Å²) in [5.41, 5.74) is -0.126. The Labute approximate surface area is 161 Å². The van der Waals surface area contributed by atoms with Gasteiger partial charge in [0.15, 0.2) is 0 Å². The average Bonchev–Trinajstić information content (AvgIpc) is 2.48. The van der Waals surface area contributed by atoms with Gasteiger partial charge in [0, 0.05) is 26.1 Å². The van der Waals surface area contributed by atoms with E-state index >= 15 is 0 Å². The highest BCUT2D eigenvalue weighted by atomic mass is 16.5. The summed E-state index contributed by atoms with van der Waals surface area (Å²) < 4.78 is 11.8. The predicted molar refractivity (Wildman–Crippen MR) is 106 cm³/mol. The van der Waals surface area contributed by atoms with Crippen LogP contribution in [0.2, 0.25) is 0 Å². The van der Waals surface area contributed by atoms with Gasteiger partial charge in [-0.05, 0) is 91.9 Å². The first-order valence-corrected chi connectivity index (χ1v) is 10.6. The minimum Gasteiger partial charge on any atom is -0.376 e. The van der Waals surface area contributed by atoms with Crippen LogP contribution >= 0.6 is 0 Å². The molecule has 0 spiro atoms. The molecule has 4 nitrogen and oxygen atoms in total. The molecule has 0 N–H and O–H groups in total. The molecule has 0 aromatic heterocycles. The molecular weight excluding hydrogens is 326 g/mol. The highest BCUT2D eigenvalue weighted by Gasteiger charge is 2.35. The number of carbonyl (C=O) groups is 1. The van der Waals surface area contributed by atoms with Gasteiger partial charge in [-0.25, -0.2) is 0 Å². The van der Waals surface area contributed by atoms with Gasteiger partial charge in [0.05, 0.1) is 17.3 Å². The van der Waals surface area contributed by atoms with E-state index in [0.29, 0.717) is 25.0 Å². The third-order valence-electron chi connectivity index (χ3n) is 5.42. The van der Waals surface area contributed by atoms with Gasteiger partial charge in [-0.15, -0.1) is 0 Å². The first-order valence-electron chi connectivity index (χ1n) is 10.6. The van der Waals surface area contributed by atoms with Crippen LogP contribution in [0.1, 0.15) is 86.5 Å². The van der Waals surface area contributed by atoms with Gasteiger partial charge in [-0.2, -0.15) is 0 Å². The molecule has 1 heterocycles. The molecule has 0 aromatic rings. The van der Waals surface area contributed by atoms with E-state index in [1.165, 1.54) is 32.1 Å². The fraction of sp³-hybridized carbons (Fsp3) is 0.955. The molecule has 1 amide bonds. The zero-order valence-corrected chi connectivity index (χ0v) is 18.0. The maximum Gasteiger partial charge on any atom is 0.222 e. The van der Waals surface area contributed by atoms with Crippen molar-refractivity contribution in [3.05, 3.63) is 0 Å².